The molecule has 0 aliphatic rings. The molecule has 0 unspecified atom stereocenters. The second kappa shape index (κ2) is 9.36. The number of ether oxygens (including phenoxy) is 1. The first-order chi connectivity index (χ1) is 15.1. The highest BCUT2D eigenvalue weighted by atomic mass is 32.1. The lowest BCUT2D eigenvalue weighted by Crippen LogP contribution is -2.42. The second-order valence-corrected chi connectivity index (χ2v) is 7.50. The number of fused-ring (bicyclic) bond motifs is 1. The minimum absolute atomic E-state index is 0.0404. The number of para-hydroxylation sites is 2. The summed E-state index contributed by atoms with van der Waals surface area (Å²) in [4.78, 5) is 33.4. The number of hydrogen-bond acceptors (Lipinski definition) is 6. The van der Waals surface area contributed by atoms with E-state index in [1.54, 1.807) is 6.07 Å². The number of aromatic nitrogens is 2. The maximum absolute atomic E-state index is 12.3. The summed E-state index contributed by atoms with van der Waals surface area (Å²) in [6, 6.07) is 18.6. The van der Waals surface area contributed by atoms with Gasteiger partial charge >= 0.3 is 0 Å². The molecule has 0 bridgehead atoms. The third-order valence-corrected chi connectivity index (χ3v) is 5.38. The number of rotatable bonds is 6. The number of hydrazine groups is 1. The number of hydrogen-bond donors (Lipinski definition) is 2. The molecule has 0 aliphatic carbocycles. The fraction of sp³-hybridized carbons (Fsp3) is 0.130. The normalized spacial score (nSPS) is 10.6. The molecule has 2 aromatic heterocycles. The molecule has 0 aliphatic heterocycles. The van der Waals surface area contributed by atoms with Gasteiger partial charge in [0.05, 0.1) is 29.8 Å². The van der Waals surface area contributed by atoms with E-state index >= 15 is 0 Å². The van der Waals surface area contributed by atoms with Crippen molar-refractivity contribution in [3.05, 3.63) is 77.4 Å². The SMILES string of the molecule is CCOc1ccccc1-c1nc(CC(=O)NNC(=O)c2ccc3ccccc3n2)cs1. The summed E-state index contributed by atoms with van der Waals surface area (Å²) >= 11 is 1.44. The molecule has 156 valence electrons. The van der Waals surface area contributed by atoms with Crippen molar-refractivity contribution in [2.45, 2.75) is 13.3 Å². The Bertz CT molecular complexity index is 1240. The molecule has 0 atom stereocenters. The van der Waals surface area contributed by atoms with Crippen molar-refractivity contribution in [3.8, 4) is 16.3 Å². The monoisotopic (exact) mass is 432 g/mol. The predicted molar refractivity (Wildman–Crippen MR) is 120 cm³/mol. The lowest BCUT2D eigenvalue weighted by atomic mass is 10.2. The van der Waals surface area contributed by atoms with Crippen LogP contribution in [-0.4, -0.2) is 28.4 Å². The summed E-state index contributed by atoms with van der Waals surface area (Å²) in [6.45, 7) is 2.49. The Morgan fingerprint density at radius 2 is 1.77 bits per heavy atom. The van der Waals surface area contributed by atoms with Crippen molar-refractivity contribution in [1.29, 1.82) is 0 Å². The van der Waals surface area contributed by atoms with Gasteiger partial charge in [-0.05, 0) is 31.2 Å². The Labute approximate surface area is 183 Å². The molecule has 0 saturated carbocycles. The summed E-state index contributed by atoms with van der Waals surface area (Å²) in [5.74, 6) is -0.0988. The summed E-state index contributed by atoms with van der Waals surface area (Å²) in [6.07, 6.45) is 0.0404. The van der Waals surface area contributed by atoms with E-state index in [0.29, 0.717) is 17.8 Å². The van der Waals surface area contributed by atoms with Gasteiger partial charge in [0.2, 0.25) is 5.91 Å². The third kappa shape index (κ3) is 4.87. The van der Waals surface area contributed by atoms with Crippen molar-refractivity contribution >= 4 is 34.1 Å². The van der Waals surface area contributed by atoms with Crippen LogP contribution in [0.4, 0.5) is 0 Å². The zero-order valence-electron chi connectivity index (χ0n) is 16.8. The highest BCUT2D eigenvalue weighted by molar-refractivity contribution is 7.13. The Morgan fingerprint density at radius 3 is 2.65 bits per heavy atom. The van der Waals surface area contributed by atoms with E-state index in [-0.39, 0.29) is 18.0 Å². The van der Waals surface area contributed by atoms with Crippen LogP contribution < -0.4 is 15.6 Å². The first-order valence-electron chi connectivity index (χ1n) is 9.75. The van der Waals surface area contributed by atoms with Crippen LogP contribution in [-0.2, 0) is 11.2 Å². The maximum Gasteiger partial charge on any atom is 0.288 e. The average molecular weight is 433 g/mol. The largest absolute Gasteiger partial charge is 0.493 e. The molecule has 4 rings (SSSR count). The van der Waals surface area contributed by atoms with Crippen LogP contribution in [0.2, 0.25) is 0 Å². The van der Waals surface area contributed by atoms with E-state index in [9.17, 15) is 9.59 Å². The topological polar surface area (TPSA) is 93.2 Å². The first kappa shape index (κ1) is 20.5. The first-order valence-corrected chi connectivity index (χ1v) is 10.6. The number of benzene rings is 2. The fourth-order valence-corrected chi connectivity index (χ4v) is 3.88. The van der Waals surface area contributed by atoms with Gasteiger partial charge in [-0.1, -0.05) is 36.4 Å². The fourth-order valence-electron chi connectivity index (χ4n) is 3.03. The molecule has 0 saturated heterocycles. The van der Waals surface area contributed by atoms with E-state index < -0.39 is 5.91 Å². The Kier molecular flexibility index (Phi) is 6.18. The smallest absolute Gasteiger partial charge is 0.288 e. The van der Waals surface area contributed by atoms with Crippen molar-refractivity contribution < 1.29 is 14.3 Å². The van der Waals surface area contributed by atoms with Crippen molar-refractivity contribution in [3.63, 3.8) is 0 Å². The molecule has 2 aromatic carbocycles. The molecule has 0 spiro atoms. The zero-order valence-corrected chi connectivity index (χ0v) is 17.6. The van der Waals surface area contributed by atoms with Crippen molar-refractivity contribution in [2.75, 3.05) is 6.61 Å². The minimum Gasteiger partial charge on any atom is -0.493 e. The molecule has 0 fully saturated rings. The van der Waals surface area contributed by atoms with Gasteiger partial charge in [0, 0.05) is 10.8 Å². The van der Waals surface area contributed by atoms with Gasteiger partial charge in [-0.2, -0.15) is 0 Å². The molecule has 2 amide bonds. The quantitative estimate of drug-likeness (QED) is 0.453. The standard InChI is InChI=1S/C23H20N4O3S/c1-2-30-20-10-6-4-8-17(20)23-24-16(14-31-23)13-21(28)26-27-22(29)19-12-11-15-7-3-5-9-18(15)25-19/h3-12,14H,2,13H2,1H3,(H,26,28)(H,27,29). The predicted octanol–water partition coefficient (Wildman–Crippen LogP) is 3.76. The lowest BCUT2D eigenvalue weighted by Gasteiger charge is -2.07. The van der Waals surface area contributed by atoms with Crippen LogP contribution in [0.5, 0.6) is 5.75 Å². The lowest BCUT2D eigenvalue weighted by molar-refractivity contribution is -0.121. The van der Waals surface area contributed by atoms with Crippen LogP contribution >= 0.6 is 11.3 Å². The van der Waals surface area contributed by atoms with Crippen LogP contribution in [0.3, 0.4) is 0 Å². The molecule has 4 aromatic rings. The van der Waals surface area contributed by atoms with E-state index in [2.05, 4.69) is 20.8 Å². The minimum atomic E-state index is -0.483. The van der Waals surface area contributed by atoms with E-state index in [0.717, 1.165) is 21.7 Å². The molecule has 8 heteroatoms. The van der Waals surface area contributed by atoms with Crippen LogP contribution in [0.15, 0.2) is 66.0 Å². The number of thiazole rings is 1. The van der Waals surface area contributed by atoms with E-state index in [1.807, 2.05) is 66.9 Å². The third-order valence-electron chi connectivity index (χ3n) is 4.46. The number of carbonyl (C=O) groups is 2. The summed E-state index contributed by atoms with van der Waals surface area (Å²) < 4.78 is 5.65. The summed E-state index contributed by atoms with van der Waals surface area (Å²) in [5, 5.41) is 3.54. The number of carbonyl (C=O) groups excluding carboxylic acids is 2. The molecular formula is C23H20N4O3S. The molecule has 2 heterocycles. The second-order valence-electron chi connectivity index (χ2n) is 6.64. The summed E-state index contributed by atoms with van der Waals surface area (Å²) in [5.41, 5.74) is 7.26. The number of amides is 2. The molecule has 7 nitrogen and oxygen atoms in total. The molecular weight excluding hydrogens is 412 g/mol. The maximum atomic E-state index is 12.3. The van der Waals surface area contributed by atoms with Crippen LogP contribution in [0.25, 0.3) is 21.5 Å². The van der Waals surface area contributed by atoms with Gasteiger partial charge in [-0.3, -0.25) is 20.4 Å². The number of nitrogens with zero attached hydrogens (tertiary/aromatic N) is 2. The number of nitrogens with one attached hydrogen (secondary N) is 2. The van der Waals surface area contributed by atoms with Crippen molar-refractivity contribution in [1.82, 2.24) is 20.8 Å². The van der Waals surface area contributed by atoms with E-state index in [4.69, 9.17) is 4.74 Å². The Balaban J connectivity index is 1.36. The average Bonchev–Trinajstić information content (AvgIpc) is 3.26. The van der Waals surface area contributed by atoms with Gasteiger partial charge in [0.25, 0.3) is 5.91 Å². The van der Waals surface area contributed by atoms with Crippen LogP contribution in [0.1, 0.15) is 23.1 Å². The van der Waals surface area contributed by atoms with Gasteiger partial charge in [0.15, 0.2) is 0 Å². The summed E-state index contributed by atoms with van der Waals surface area (Å²) in [7, 11) is 0. The molecule has 2 N–H and O–H groups in total. The highest BCUT2D eigenvalue weighted by Crippen LogP contribution is 2.32. The van der Waals surface area contributed by atoms with E-state index in [1.165, 1.54) is 11.3 Å². The highest BCUT2D eigenvalue weighted by Gasteiger charge is 2.14. The van der Waals surface area contributed by atoms with Gasteiger partial charge in [0.1, 0.15) is 16.5 Å². The Hall–Kier alpha value is -3.78. The molecule has 0 radical (unpaired) electrons. The Morgan fingerprint density at radius 1 is 0.968 bits per heavy atom. The number of pyridine rings is 1. The van der Waals surface area contributed by atoms with Gasteiger partial charge < -0.3 is 4.74 Å². The molecule has 31 heavy (non-hydrogen) atoms. The van der Waals surface area contributed by atoms with Crippen molar-refractivity contribution in [2.24, 2.45) is 0 Å². The van der Waals surface area contributed by atoms with Crippen LogP contribution in [0, 0.1) is 0 Å². The van der Waals surface area contributed by atoms with Gasteiger partial charge in [-0.15, -0.1) is 11.3 Å². The zero-order chi connectivity index (χ0) is 21.6. The van der Waals surface area contributed by atoms with Gasteiger partial charge in [-0.25, -0.2) is 9.97 Å².